The Morgan fingerprint density at radius 1 is 1.39 bits per heavy atom. The molecule has 1 aliphatic carbocycles. The second-order valence-corrected chi connectivity index (χ2v) is 5.93. The van der Waals surface area contributed by atoms with Crippen molar-refractivity contribution in [1.82, 2.24) is 10.3 Å². The lowest BCUT2D eigenvalue weighted by Gasteiger charge is -2.30. The zero-order valence-corrected chi connectivity index (χ0v) is 12.0. The predicted octanol–water partition coefficient (Wildman–Crippen LogP) is 3.84. The van der Waals surface area contributed by atoms with Gasteiger partial charge in [-0.05, 0) is 49.3 Å². The first-order chi connectivity index (χ1) is 8.76. The fraction of sp³-hybridized carbons (Fsp3) is 0.667. The Morgan fingerprint density at radius 2 is 2.17 bits per heavy atom. The summed E-state index contributed by atoms with van der Waals surface area (Å²) in [6.07, 6.45) is 11.3. The third kappa shape index (κ3) is 3.46. The minimum absolute atomic E-state index is 0.417. The Bertz CT molecular complexity index is 373. The van der Waals surface area contributed by atoms with Crippen molar-refractivity contribution < 1.29 is 0 Å². The van der Waals surface area contributed by atoms with Crippen LogP contribution in [0.25, 0.3) is 0 Å². The normalized spacial score (nSPS) is 18.1. The molecule has 3 heteroatoms. The van der Waals surface area contributed by atoms with Gasteiger partial charge in [-0.15, -0.1) is 0 Å². The highest BCUT2D eigenvalue weighted by atomic mass is 35.5. The van der Waals surface area contributed by atoms with E-state index in [1.54, 1.807) is 6.20 Å². The van der Waals surface area contributed by atoms with Gasteiger partial charge in [0.2, 0.25) is 0 Å². The van der Waals surface area contributed by atoms with E-state index in [-0.39, 0.29) is 0 Å². The van der Waals surface area contributed by atoms with Gasteiger partial charge in [-0.1, -0.05) is 31.4 Å². The molecule has 0 aromatic carbocycles. The van der Waals surface area contributed by atoms with E-state index < -0.39 is 0 Å². The molecule has 0 radical (unpaired) electrons. The first-order valence-corrected chi connectivity index (χ1v) is 7.43. The molecule has 1 aliphatic rings. The number of halogens is 1. The van der Waals surface area contributed by atoms with Gasteiger partial charge in [-0.3, -0.25) is 4.98 Å². The Labute approximate surface area is 115 Å². The van der Waals surface area contributed by atoms with Crippen LogP contribution in [0.5, 0.6) is 0 Å². The predicted molar refractivity (Wildman–Crippen MR) is 77.0 cm³/mol. The molecular weight excluding hydrogens is 244 g/mol. The van der Waals surface area contributed by atoms with E-state index in [0.717, 1.165) is 24.5 Å². The summed E-state index contributed by atoms with van der Waals surface area (Å²) < 4.78 is 0. The Kier molecular flexibility index (Phi) is 5.02. The maximum atomic E-state index is 6.24. The van der Waals surface area contributed by atoms with Gasteiger partial charge in [0.05, 0.1) is 5.02 Å². The summed E-state index contributed by atoms with van der Waals surface area (Å²) in [6, 6.07) is 2.07. The van der Waals surface area contributed by atoms with E-state index in [0.29, 0.717) is 5.41 Å². The van der Waals surface area contributed by atoms with Crippen LogP contribution in [0.3, 0.4) is 0 Å². The topological polar surface area (TPSA) is 24.9 Å². The Hall–Kier alpha value is -0.600. The molecule has 1 saturated carbocycles. The molecule has 1 aromatic heterocycles. The van der Waals surface area contributed by atoms with Crippen molar-refractivity contribution >= 4 is 11.6 Å². The van der Waals surface area contributed by atoms with E-state index in [4.69, 9.17) is 11.6 Å². The molecule has 0 saturated heterocycles. The van der Waals surface area contributed by atoms with Crippen molar-refractivity contribution in [1.29, 1.82) is 0 Å². The lowest BCUT2D eigenvalue weighted by Crippen LogP contribution is -2.34. The van der Waals surface area contributed by atoms with Crippen molar-refractivity contribution in [3.63, 3.8) is 0 Å². The molecular formula is C15H23ClN2. The smallest absolute Gasteiger partial charge is 0.0621 e. The number of pyridine rings is 1. The van der Waals surface area contributed by atoms with Gasteiger partial charge in [0.1, 0.15) is 0 Å². The van der Waals surface area contributed by atoms with Crippen molar-refractivity contribution in [2.45, 2.75) is 45.4 Å². The summed E-state index contributed by atoms with van der Waals surface area (Å²) in [4.78, 5) is 4.07. The van der Waals surface area contributed by atoms with Gasteiger partial charge in [-0.2, -0.15) is 0 Å². The van der Waals surface area contributed by atoms with Crippen LogP contribution in [0.1, 0.15) is 44.6 Å². The lowest BCUT2D eigenvalue weighted by atomic mass is 9.80. The van der Waals surface area contributed by atoms with Crippen molar-refractivity contribution in [2.24, 2.45) is 5.41 Å². The SMILES string of the molecule is CCCNCC1(Cc2ccncc2Cl)CCCC1. The monoisotopic (exact) mass is 266 g/mol. The molecule has 2 rings (SSSR count). The summed E-state index contributed by atoms with van der Waals surface area (Å²) in [7, 11) is 0. The summed E-state index contributed by atoms with van der Waals surface area (Å²) in [5, 5.41) is 4.42. The zero-order valence-electron chi connectivity index (χ0n) is 11.2. The van der Waals surface area contributed by atoms with Gasteiger partial charge >= 0.3 is 0 Å². The van der Waals surface area contributed by atoms with Gasteiger partial charge in [0.15, 0.2) is 0 Å². The van der Waals surface area contributed by atoms with Crippen molar-refractivity contribution in [3.8, 4) is 0 Å². The molecule has 1 N–H and O–H groups in total. The molecule has 0 bridgehead atoms. The van der Waals surface area contributed by atoms with E-state index in [9.17, 15) is 0 Å². The largest absolute Gasteiger partial charge is 0.316 e. The highest BCUT2D eigenvalue weighted by Crippen LogP contribution is 2.41. The molecule has 100 valence electrons. The number of rotatable bonds is 6. The minimum atomic E-state index is 0.417. The zero-order chi connectivity index (χ0) is 12.8. The third-order valence-electron chi connectivity index (χ3n) is 4.01. The van der Waals surface area contributed by atoms with Crippen LogP contribution in [0, 0.1) is 5.41 Å². The number of hydrogen-bond donors (Lipinski definition) is 1. The van der Waals surface area contributed by atoms with Gasteiger partial charge < -0.3 is 5.32 Å². The quantitative estimate of drug-likeness (QED) is 0.792. The molecule has 0 spiro atoms. The molecule has 18 heavy (non-hydrogen) atoms. The summed E-state index contributed by atoms with van der Waals surface area (Å²) in [6.45, 7) is 4.46. The van der Waals surface area contributed by atoms with Crippen molar-refractivity contribution in [3.05, 3.63) is 29.0 Å². The van der Waals surface area contributed by atoms with E-state index >= 15 is 0 Å². The molecule has 1 aromatic rings. The van der Waals surface area contributed by atoms with E-state index in [1.165, 1.54) is 37.7 Å². The van der Waals surface area contributed by atoms with Crippen molar-refractivity contribution in [2.75, 3.05) is 13.1 Å². The van der Waals surface area contributed by atoms with Crippen LogP contribution in [-0.2, 0) is 6.42 Å². The number of aromatic nitrogens is 1. The maximum absolute atomic E-state index is 6.24. The summed E-state index contributed by atoms with van der Waals surface area (Å²) >= 11 is 6.24. The fourth-order valence-corrected chi connectivity index (χ4v) is 3.21. The number of hydrogen-bond acceptors (Lipinski definition) is 2. The average Bonchev–Trinajstić information content (AvgIpc) is 2.82. The second-order valence-electron chi connectivity index (χ2n) is 5.53. The molecule has 2 nitrogen and oxygen atoms in total. The van der Waals surface area contributed by atoms with E-state index in [1.807, 2.05) is 6.20 Å². The minimum Gasteiger partial charge on any atom is -0.316 e. The number of nitrogens with one attached hydrogen (secondary N) is 1. The van der Waals surface area contributed by atoms with Crippen LogP contribution in [0.4, 0.5) is 0 Å². The first kappa shape index (κ1) is 13.8. The van der Waals surface area contributed by atoms with Crippen LogP contribution in [-0.4, -0.2) is 18.1 Å². The molecule has 0 unspecified atom stereocenters. The first-order valence-electron chi connectivity index (χ1n) is 7.05. The Balaban J connectivity index is 2.04. The molecule has 0 aliphatic heterocycles. The van der Waals surface area contributed by atoms with Crippen LogP contribution in [0.15, 0.2) is 18.5 Å². The van der Waals surface area contributed by atoms with Crippen LogP contribution < -0.4 is 5.32 Å². The van der Waals surface area contributed by atoms with Crippen LogP contribution >= 0.6 is 11.6 Å². The average molecular weight is 267 g/mol. The van der Waals surface area contributed by atoms with E-state index in [2.05, 4.69) is 23.3 Å². The molecule has 1 fully saturated rings. The maximum Gasteiger partial charge on any atom is 0.0621 e. The lowest BCUT2D eigenvalue weighted by molar-refractivity contribution is 0.278. The van der Waals surface area contributed by atoms with Gasteiger partial charge in [0.25, 0.3) is 0 Å². The van der Waals surface area contributed by atoms with Gasteiger partial charge in [-0.25, -0.2) is 0 Å². The summed E-state index contributed by atoms with van der Waals surface area (Å²) in [5.41, 5.74) is 1.67. The second kappa shape index (κ2) is 6.53. The standard InChI is InChI=1S/C15H23ClN2/c1-2-8-18-12-15(6-3-4-7-15)10-13-5-9-17-11-14(13)16/h5,9,11,18H,2-4,6-8,10,12H2,1H3. The van der Waals surface area contributed by atoms with Crippen LogP contribution in [0.2, 0.25) is 5.02 Å². The summed E-state index contributed by atoms with van der Waals surface area (Å²) in [5.74, 6) is 0. The highest BCUT2D eigenvalue weighted by molar-refractivity contribution is 6.31. The Morgan fingerprint density at radius 3 is 2.83 bits per heavy atom. The molecule has 0 atom stereocenters. The third-order valence-corrected chi connectivity index (χ3v) is 4.35. The highest BCUT2D eigenvalue weighted by Gasteiger charge is 2.33. The fourth-order valence-electron chi connectivity index (χ4n) is 3.02. The molecule has 1 heterocycles. The molecule has 0 amide bonds. The number of nitrogens with zero attached hydrogens (tertiary/aromatic N) is 1. The van der Waals surface area contributed by atoms with Gasteiger partial charge in [0, 0.05) is 18.9 Å².